The molecule has 1 rings (SSSR count). The first-order chi connectivity index (χ1) is 10.5. The lowest BCUT2D eigenvalue weighted by atomic mass is 10.0. The summed E-state index contributed by atoms with van der Waals surface area (Å²) in [6.07, 6.45) is 0.245. The van der Waals surface area contributed by atoms with Crippen molar-refractivity contribution >= 4 is 24.2 Å². The van der Waals surface area contributed by atoms with Crippen LogP contribution in [0.15, 0.2) is 30.3 Å². The average molecular weight is 344 g/mol. The van der Waals surface area contributed by atoms with Crippen molar-refractivity contribution in [1.29, 1.82) is 0 Å². The molecule has 0 fully saturated rings. The van der Waals surface area contributed by atoms with E-state index < -0.39 is 6.04 Å². The van der Waals surface area contributed by atoms with E-state index in [1.54, 1.807) is 14.1 Å². The molecule has 0 saturated carbocycles. The summed E-state index contributed by atoms with van der Waals surface area (Å²) in [6.45, 7) is 0.259. The third-order valence-electron chi connectivity index (χ3n) is 3.37. The van der Waals surface area contributed by atoms with Crippen LogP contribution in [0, 0.1) is 0 Å². The van der Waals surface area contributed by atoms with Gasteiger partial charge in [-0.1, -0.05) is 30.3 Å². The lowest BCUT2D eigenvalue weighted by molar-refractivity contribution is -0.135. The molecule has 2 atom stereocenters. The molecule has 0 aliphatic rings. The molecule has 1 aromatic rings. The number of likely N-dealkylation sites (N-methyl/N-ethyl adjacent to an activating group) is 1. The smallest absolute Gasteiger partial charge is 0.244 e. The maximum absolute atomic E-state index is 12.3. The number of hydrogen-bond acceptors (Lipinski definition) is 4. The zero-order chi connectivity index (χ0) is 16.5. The molecule has 2 unspecified atom stereocenters. The molecule has 3 N–H and O–H groups in total. The van der Waals surface area contributed by atoms with Crippen molar-refractivity contribution in [1.82, 2.24) is 10.2 Å². The van der Waals surface area contributed by atoms with Gasteiger partial charge in [0.1, 0.15) is 6.04 Å². The molecule has 0 radical (unpaired) electrons. The minimum Gasteiger partial charge on any atom is -0.380 e. The summed E-state index contributed by atoms with van der Waals surface area (Å²) >= 11 is 0. The summed E-state index contributed by atoms with van der Waals surface area (Å²) in [4.78, 5) is 25.8. The minimum absolute atomic E-state index is 0. The molecule has 23 heavy (non-hydrogen) atoms. The van der Waals surface area contributed by atoms with E-state index in [0.717, 1.165) is 5.56 Å². The van der Waals surface area contributed by atoms with Crippen molar-refractivity contribution in [3.8, 4) is 0 Å². The van der Waals surface area contributed by atoms with Gasteiger partial charge in [0.25, 0.3) is 0 Å². The van der Waals surface area contributed by atoms with E-state index in [1.165, 1.54) is 12.0 Å². The summed E-state index contributed by atoms with van der Waals surface area (Å²) in [5.74, 6) is -0.382. The fourth-order valence-corrected chi connectivity index (χ4v) is 2.08. The van der Waals surface area contributed by atoms with Crippen LogP contribution >= 0.6 is 12.4 Å². The number of nitrogens with two attached hydrogens (primary N) is 1. The minimum atomic E-state index is -0.597. The SMILES string of the molecule is COC(CN)CC(=O)NC(Cc1ccccc1)C(=O)N(C)C.Cl. The number of rotatable bonds is 8. The highest BCUT2D eigenvalue weighted by Gasteiger charge is 2.23. The van der Waals surface area contributed by atoms with E-state index in [4.69, 9.17) is 10.5 Å². The van der Waals surface area contributed by atoms with Gasteiger partial charge >= 0.3 is 0 Å². The van der Waals surface area contributed by atoms with E-state index in [1.807, 2.05) is 30.3 Å². The summed E-state index contributed by atoms with van der Waals surface area (Å²) in [6, 6.07) is 8.99. The highest BCUT2D eigenvalue weighted by molar-refractivity contribution is 5.87. The molecule has 0 aliphatic heterocycles. The van der Waals surface area contributed by atoms with Crippen LogP contribution in [0.5, 0.6) is 0 Å². The fourth-order valence-electron chi connectivity index (χ4n) is 2.08. The Labute approximate surface area is 143 Å². The molecule has 6 nitrogen and oxygen atoms in total. The van der Waals surface area contributed by atoms with Gasteiger partial charge in [0.15, 0.2) is 0 Å². The first kappa shape index (κ1) is 21.4. The summed E-state index contributed by atoms with van der Waals surface area (Å²) in [5, 5.41) is 2.78. The van der Waals surface area contributed by atoms with Crippen LogP contribution < -0.4 is 11.1 Å². The van der Waals surface area contributed by atoms with Crippen LogP contribution in [-0.4, -0.2) is 56.6 Å². The van der Waals surface area contributed by atoms with Crippen molar-refractivity contribution in [3.63, 3.8) is 0 Å². The van der Waals surface area contributed by atoms with E-state index in [0.29, 0.717) is 6.42 Å². The molecule has 0 aromatic heterocycles. The van der Waals surface area contributed by atoms with E-state index in [-0.39, 0.29) is 43.3 Å². The lowest BCUT2D eigenvalue weighted by Crippen LogP contribution is -2.48. The lowest BCUT2D eigenvalue weighted by Gasteiger charge is -2.23. The van der Waals surface area contributed by atoms with Gasteiger partial charge in [-0.15, -0.1) is 12.4 Å². The van der Waals surface area contributed by atoms with Crippen molar-refractivity contribution in [2.24, 2.45) is 5.73 Å². The third-order valence-corrected chi connectivity index (χ3v) is 3.37. The molecule has 0 heterocycles. The van der Waals surface area contributed by atoms with E-state index >= 15 is 0 Å². The van der Waals surface area contributed by atoms with Gasteiger partial charge in [-0.25, -0.2) is 0 Å². The molecule has 0 saturated heterocycles. The third kappa shape index (κ3) is 7.45. The topological polar surface area (TPSA) is 84.7 Å². The van der Waals surface area contributed by atoms with Crippen LogP contribution in [0.3, 0.4) is 0 Å². The van der Waals surface area contributed by atoms with Crippen molar-refractivity contribution < 1.29 is 14.3 Å². The van der Waals surface area contributed by atoms with E-state index in [2.05, 4.69) is 5.32 Å². The quantitative estimate of drug-likeness (QED) is 0.723. The van der Waals surface area contributed by atoms with Crippen molar-refractivity contribution in [2.75, 3.05) is 27.7 Å². The number of methoxy groups -OCH3 is 1. The largest absolute Gasteiger partial charge is 0.380 e. The Morgan fingerprint density at radius 3 is 2.35 bits per heavy atom. The van der Waals surface area contributed by atoms with Crippen LogP contribution in [0.2, 0.25) is 0 Å². The molecule has 1 aromatic carbocycles. The number of nitrogens with one attached hydrogen (secondary N) is 1. The molecule has 0 bridgehead atoms. The second kappa shape index (κ2) is 11.0. The number of nitrogens with zero attached hydrogens (tertiary/aromatic N) is 1. The van der Waals surface area contributed by atoms with Crippen LogP contribution in [0.4, 0.5) is 0 Å². The van der Waals surface area contributed by atoms with Gasteiger partial charge in [0.05, 0.1) is 12.5 Å². The zero-order valence-corrected chi connectivity index (χ0v) is 14.6. The monoisotopic (exact) mass is 343 g/mol. The Bertz CT molecular complexity index is 479. The number of amides is 2. The Balaban J connectivity index is 0.00000484. The van der Waals surface area contributed by atoms with E-state index in [9.17, 15) is 9.59 Å². The van der Waals surface area contributed by atoms with Crippen LogP contribution in [-0.2, 0) is 20.7 Å². The number of halogens is 1. The van der Waals surface area contributed by atoms with Crippen LogP contribution in [0.1, 0.15) is 12.0 Å². The summed E-state index contributed by atoms with van der Waals surface area (Å²) in [7, 11) is 4.85. The van der Waals surface area contributed by atoms with Crippen LogP contribution in [0.25, 0.3) is 0 Å². The molecule has 7 heteroatoms. The molecule has 2 amide bonds. The number of ether oxygens (including phenoxy) is 1. The Morgan fingerprint density at radius 1 is 1.26 bits per heavy atom. The predicted octanol–water partition coefficient (Wildman–Crippen LogP) is 0.588. The second-order valence-corrected chi connectivity index (χ2v) is 5.34. The summed E-state index contributed by atoms with van der Waals surface area (Å²) < 4.78 is 5.10. The molecule has 0 aliphatic carbocycles. The predicted molar refractivity (Wildman–Crippen MR) is 92.5 cm³/mol. The van der Waals surface area contributed by atoms with Crippen molar-refractivity contribution in [2.45, 2.75) is 25.0 Å². The number of benzene rings is 1. The molecular formula is C16H26ClN3O3. The highest BCUT2D eigenvalue weighted by Crippen LogP contribution is 2.06. The fraction of sp³-hybridized carbons (Fsp3) is 0.500. The maximum atomic E-state index is 12.3. The van der Waals surface area contributed by atoms with Gasteiger partial charge in [-0.3, -0.25) is 9.59 Å². The van der Waals surface area contributed by atoms with Gasteiger partial charge in [0.2, 0.25) is 11.8 Å². The Hall–Kier alpha value is -1.63. The Morgan fingerprint density at radius 2 is 1.87 bits per heavy atom. The number of hydrogen-bond donors (Lipinski definition) is 2. The van der Waals surface area contributed by atoms with Gasteiger partial charge in [-0.05, 0) is 5.56 Å². The molecular weight excluding hydrogens is 318 g/mol. The molecule has 130 valence electrons. The van der Waals surface area contributed by atoms with Gasteiger partial charge in [-0.2, -0.15) is 0 Å². The number of carbonyl (C=O) groups excluding carboxylic acids is 2. The number of carbonyl (C=O) groups is 2. The standard InChI is InChI=1S/C16H25N3O3.ClH/c1-19(2)16(21)14(9-12-7-5-4-6-8-12)18-15(20)10-13(11-17)22-3;/h4-8,13-14H,9-11,17H2,1-3H3,(H,18,20);1H. The average Bonchev–Trinajstić information content (AvgIpc) is 2.52. The highest BCUT2D eigenvalue weighted by atomic mass is 35.5. The summed E-state index contributed by atoms with van der Waals surface area (Å²) in [5.41, 5.74) is 6.50. The first-order valence-corrected chi connectivity index (χ1v) is 7.25. The normalized spacial score (nSPS) is 12.7. The second-order valence-electron chi connectivity index (χ2n) is 5.34. The van der Waals surface area contributed by atoms with Gasteiger partial charge in [0, 0.05) is 34.2 Å². The Kier molecular flexibility index (Phi) is 10.2. The molecule has 0 spiro atoms. The zero-order valence-electron chi connectivity index (χ0n) is 13.8. The first-order valence-electron chi connectivity index (χ1n) is 7.25. The van der Waals surface area contributed by atoms with Gasteiger partial charge < -0.3 is 20.7 Å². The van der Waals surface area contributed by atoms with Crippen molar-refractivity contribution in [3.05, 3.63) is 35.9 Å². The maximum Gasteiger partial charge on any atom is 0.244 e.